The molecule has 21 heavy (non-hydrogen) atoms. The summed E-state index contributed by atoms with van der Waals surface area (Å²) in [6.07, 6.45) is 1.66. The Bertz CT molecular complexity index is 546. The summed E-state index contributed by atoms with van der Waals surface area (Å²) >= 11 is 0. The third kappa shape index (κ3) is 2.75. The zero-order valence-corrected chi connectivity index (χ0v) is 12.6. The Morgan fingerprint density at radius 1 is 1.38 bits per heavy atom. The lowest BCUT2D eigenvalue weighted by Crippen LogP contribution is -2.51. The number of ether oxygens (including phenoxy) is 1. The predicted octanol–water partition coefficient (Wildman–Crippen LogP) is 1.26. The maximum Gasteiger partial charge on any atom is 0.239 e. The van der Waals surface area contributed by atoms with Gasteiger partial charge in [-0.25, -0.2) is 0 Å². The SMILES string of the molecule is CC(C)Oc1nc(N2CCN3C(=O)CCC3C2)ccc1N. The van der Waals surface area contributed by atoms with Crippen molar-refractivity contribution in [1.82, 2.24) is 9.88 Å². The van der Waals surface area contributed by atoms with Crippen molar-refractivity contribution in [2.45, 2.75) is 38.8 Å². The van der Waals surface area contributed by atoms with Crippen LogP contribution in [0.3, 0.4) is 0 Å². The molecule has 1 aromatic rings. The average Bonchev–Trinajstić information content (AvgIpc) is 2.82. The molecule has 1 unspecified atom stereocenters. The van der Waals surface area contributed by atoms with Crippen LogP contribution in [0.15, 0.2) is 12.1 Å². The first-order valence-electron chi connectivity index (χ1n) is 7.52. The molecule has 6 heteroatoms. The van der Waals surface area contributed by atoms with Gasteiger partial charge in [0.25, 0.3) is 0 Å². The Morgan fingerprint density at radius 3 is 2.95 bits per heavy atom. The fourth-order valence-corrected chi connectivity index (χ4v) is 3.01. The summed E-state index contributed by atoms with van der Waals surface area (Å²) < 4.78 is 5.65. The number of fused-ring (bicyclic) bond motifs is 1. The van der Waals surface area contributed by atoms with Gasteiger partial charge in [-0.1, -0.05) is 0 Å². The van der Waals surface area contributed by atoms with E-state index < -0.39 is 0 Å². The van der Waals surface area contributed by atoms with Crippen molar-refractivity contribution in [3.63, 3.8) is 0 Å². The van der Waals surface area contributed by atoms with Crippen LogP contribution in [0.5, 0.6) is 5.88 Å². The van der Waals surface area contributed by atoms with E-state index in [2.05, 4.69) is 9.88 Å². The van der Waals surface area contributed by atoms with Crippen molar-refractivity contribution < 1.29 is 9.53 Å². The summed E-state index contributed by atoms with van der Waals surface area (Å²) in [4.78, 5) is 20.5. The fraction of sp³-hybridized carbons (Fsp3) is 0.600. The van der Waals surface area contributed by atoms with Gasteiger partial charge in [0.1, 0.15) is 5.82 Å². The topological polar surface area (TPSA) is 71.7 Å². The van der Waals surface area contributed by atoms with Crippen LogP contribution < -0.4 is 15.4 Å². The van der Waals surface area contributed by atoms with Crippen LogP contribution in [0.1, 0.15) is 26.7 Å². The third-order valence-corrected chi connectivity index (χ3v) is 4.04. The van der Waals surface area contributed by atoms with Crippen LogP contribution in [0, 0.1) is 0 Å². The van der Waals surface area contributed by atoms with E-state index in [1.807, 2.05) is 30.9 Å². The summed E-state index contributed by atoms with van der Waals surface area (Å²) in [7, 11) is 0. The first-order valence-corrected chi connectivity index (χ1v) is 7.52. The highest BCUT2D eigenvalue weighted by Crippen LogP contribution is 2.28. The predicted molar refractivity (Wildman–Crippen MR) is 81.4 cm³/mol. The maximum atomic E-state index is 11.7. The van der Waals surface area contributed by atoms with Crippen LogP contribution in [-0.4, -0.2) is 47.6 Å². The van der Waals surface area contributed by atoms with Gasteiger partial charge in [-0.2, -0.15) is 4.98 Å². The van der Waals surface area contributed by atoms with E-state index in [1.54, 1.807) is 0 Å². The molecular formula is C15H22N4O2. The second kappa shape index (κ2) is 5.42. The van der Waals surface area contributed by atoms with E-state index >= 15 is 0 Å². The number of pyridine rings is 1. The molecule has 2 fully saturated rings. The van der Waals surface area contributed by atoms with E-state index in [-0.39, 0.29) is 12.0 Å². The molecule has 0 aliphatic carbocycles. The number of nitrogen functional groups attached to an aromatic ring is 1. The number of carbonyl (C=O) groups is 1. The van der Waals surface area contributed by atoms with E-state index in [0.717, 1.165) is 31.9 Å². The minimum atomic E-state index is 0.0411. The van der Waals surface area contributed by atoms with Crippen LogP contribution in [-0.2, 0) is 4.79 Å². The number of rotatable bonds is 3. The Hall–Kier alpha value is -1.98. The molecule has 0 spiro atoms. The summed E-state index contributed by atoms with van der Waals surface area (Å²) in [6.45, 7) is 6.33. The Labute approximate surface area is 124 Å². The fourth-order valence-electron chi connectivity index (χ4n) is 3.01. The van der Waals surface area contributed by atoms with Crippen molar-refractivity contribution in [2.75, 3.05) is 30.3 Å². The summed E-state index contributed by atoms with van der Waals surface area (Å²) in [5.74, 6) is 1.65. The number of hydrogen-bond acceptors (Lipinski definition) is 5. The molecule has 2 N–H and O–H groups in total. The van der Waals surface area contributed by atoms with E-state index in [1.165, 1.54) is 0 Å². The first-order chi connectivity index (χ1) is 10.0. The number of nitrogens with two attached hydrogens (primary N) is 1. The Balaban J connectivity index is 1.77. The molecule has 3 heterocycles. The molecule has 0 aromatic carbocycles. The van der Waals surface area contributed by atoms with Gasteiger partial charge in [0.15, 0.2) is 0 Å². The average molecular weight is 290 g/mol. The normalized spacial score (nSPS) is 21.9. The van der Waals surface area contributed by atoms with Gasteiger partial charge in [0.05, 0.1) is 11.8 Å². The Kier molecular flexibility index (Phi) is 3.61. The van der Waals surface area contributed by atoms with Gasteiger partial charge in [-0.3, -0.25) is 4.79 Å². The quantitative estimate of drug-likeness (QED) is 0.907. The molecule has 2 aliphatic rings. The van der Waals surface area contributed by atoms with Crippen LogP contribution >= 0.6 is 0 Å². The number of hydrogen-bond donors (Lipinski definition) is 1. The molecule has 2 aliphatic heterocycles. The zero-order valence-electron chi connectivity index (χ0n) is 12.6. The number of carbonyl (C=O) groups excluding carboxylic acids is 1. The van der Waals surface area contributed by atoms with Crippen LogP contribution in [0.4, 0.5) is 11.5 Å². The second-order valence-corrected chi connectivity index (χ2v) is 5.96. The molecule has 114 valence electrons. The maximum absolute atomic E-state index is 11.7. The van der Waals surface area contributed by atoms with E-state index in [4.69, 9.17) is 10.5 Å². The Morgan fingerprint density at radius 2 is 2.19 bits per heavy atom. The lowest BCUT2D eigenvalue weighted by atomic mass is 10.1. The van der Waals surface area contributed by atoms with Gasteiger partial charge in [-0.15, -0.1) is 0 Å². The molecule has 6 nitrogen and oxygen atoms in total. The first kappa shape index (κ1) is 14.0. The number of nitrogens with zero attached hydrogens (tertiary/aromatic N) is 3. The van der Waals surface area contributed by atoms with Crippen molar-refractivity contribution in [3.8, 4) is 5.88 Å². The minimum absolute atomic E-state index is 0.0411. The highest BCUT2D eigenvalue weighted by atomic mass is 16.5. The van der Waals surface area contributed by atoms with Crippen LogP contribution in [0.2, 0.25) is 0 Å². The van der Waals surface area contributed by atoms with Gasteiger partial charge in [0.2, 0.25) is 11.8 Å². The molecule has 2 saturated heterocycles. The molecule has 1 amide bonds. The lowest BCUT2D eigenvalue weighted by molar-refractivity contribution is -0.129. The molecular weight excluding hydrogens is 268 g/mol. The van der Waals surface area contributed by atoms with Gasteiger partial charge < -0.3 is 20.3 Å². The summed E-state index contributed by atoms with van der Waals surface area (Å²) in [6, 6.07) is 4.08. The van der Waals surface area contributed by atoms with Crippen molar-refractivity contribution >= 4 is 17.4 Å². The van der Waals surface area contributed by atoms with E-state index in [0.29, 0.717) is 24.0 Å². The minimum Gasteiger partial charge on any atom is -0.473 e. The summed E-state index contributed by atoms with van der Waals surface area (Å²) in [5, 5.41) is 0. The standard InChI is InChI=1S/C15H22N4O2/c1-10(2)21-15-12(16)4-5-13(17-15)18-7-8-19-11(9-18)3-6-14(19)20/h4-5,10-11H,3,6-9,16H2,1-2H3. The highest BCUT2D eigenvalue weighted by molar-refractivity contribution is 5.79. The van der Waals surface area contributed by atoms with Gasteiger partial charge in [-0.05, 0) is 32.4 Å². The number of piperazine rings is 1. The van der Waals surface area contributed by atoms with Crippen LogP contribution in [0.25, 0.3) is 0 Å². The highest BCUT2D eigenvalue weighted by Gasteiger charge is 2.35. The number of amides is 1. The molecule has 0 radical (unpaired) electrons. The molecule has 3 rings (SSSR count). The van der Waals surface area contributed by atoms with E-state index in [9.17, 15) is 4.79 Å². The van der Waals surface area contributed by atoms with Crippen molar-refractivity contribution in [3.05, 3.63) is 12.1 Å². The molecule has 1 atom stereocenters. The van der Waals surface area contributed by atoms with Gasteiger partial charge in [0, 0.05) is 32.1 Å². The lowest BCUT2D eigenvalue weighted by Gasteiger charge is -2.38. The zero-order chi connectivity index (χ0) is 15.0. The molecule has 1 aromatic heterocycles. The van der Waals surface area contributed by atoms with Crippen molar-refractivity contribution in [2.24, 2.45) is 0 Å². The number of aromatic nitrogens is 1. The largest absolute Gasteiger partial charge is 0.473 e. The smallest absolute Gasteiger partial charge is 0.239 e. The molecule has 0 bridgehead atoms. The van der Waals surface area contributed by atoms with Gasteiger partial charge >= 0.3 is 0 Å². The number of anilines is 2. The summed E-state index contributed by atoms with van der Waals surface area (Å²) in [5.41, 5.74) is 6.47. The third-order valence-electron chi connectivity index (χ3n) is 4.04. The molecule has 0 saturated carbocycles. The van der Waals surface area contributed by atoms with Crippen molar-refractivity contribution in [1.29, 1.82) is 0 Å². The second-order valence-electron chi connectivity index (χ2n) is 5.96. The monoisotopic (exact) mass is 290 g/mol.